The minimum atomic E-state index is -0.546. The van der Waals surface area contributed by atoms with Crippen LogP contribution < -0.4 is 19.7 Å². The highest BCUT2D eigenvalue weighted by Crippen LogP contribution is 2.31. The normalized spacial score (nSPS) is 11.4. The number of fused-ring (bicyclic) bond motifs is 2. The van der Waals surface area contributed by atoms with E-state index in [2.05, 4.69) is 47.1 Å². The summed E-state index contributed by atoms with van der Waals surface area (Å²) in [5, 5.41) is 4.49. The zero-order chi connectivity index (χ0) is 44.3. The third kappa shape index (κ3) is 16.3. The lowest BCUT2D eigenvalue weighted by Crippen LogP contribution is -2.34. The number of hydrogen-bond acceptors (Lipinski definition) is 12. The summed E-state index contributed by atoms with van der Waals surface area (Å²) in [4.78, 5) is 35.1. The standard InChI is InChI=1S/C23H25BrN2O4S.C22H23BrN2O4S.2CH4/c1-23(2,3)30-22(27)26(4)16-8-10-20-18(13-16)25-21(31-20)11-7-15-6-9-19(17(24)12-15)29-14-28-5;1-22(2,3)29-21(26)24-15-7-9-19-17(12-15)25-20(30-19)10-6-14-5-8-18(16(23)11-14)28-13-27-4;;/h6-13H,14H2,1-5H3;5-12H,13H2,1-4H3,(H,24,26);2*1H4/b11-7+;10-6+;;. The highest BCUT2D eigenvalue weighted by atomic mass is 79.9. The Balaban J connectivity index is 0.000000325. The third-order valence-electron chi connectivity index (χ3n) is 7.90. The van der Waals surface area contributed by atoms with Gasteiger partial charge in [0, 0.05) is 32.6 Å². The number of aromatic nitrogens is 2. The molecule has 2 amide bonds. The Bertz CT molecular complexity index is 2530. The Labute approximate surface area is 395 Å². The van der Waals surface area contributed by atoms with Gasteiger partial charge in [0.25, 0.3) is 0 Å². The van der Waals surface area contributed by atoms with E-state index in [1.54, 1.807) is 43.9 Å². The predicted molar refractivity (Wildman–Crippen MR) is 268 cm³/mol. The Morgan fingerprint density at radius 1 is 0.667 bits per heavy atom. The molecule has 0 aliphatic carbocycles. The van der Waals surface area contributed by atoms with E-state index in [0.717, 1.165) is 67.7 Å². The first-order chi connectivity index (χ1) is 28.9. The number of anilines is 2. The molecule has 2 aromatic heterocycles. The van der Waals surface area contributed by atoms with Crippen LogP contribution in [0.15, 0.2) is 81.7 Å². The van der Waals surface area contributed by atoms with Crippen molar-refractivity contribution in [2.24, 2.45) is 0 Å². The van der Waals surface area contributed by atoms with Crippen LogP contribution >= 0.6 is 54.5 Å². The SMILES string of the molecule is C.C.COCOc1ccc(/C=C/c2nc3cc(N(C)C(=O)OC(C)(C)C)ccc3s2)cc1Br.COCOc1ccc(/C=C/c2nc3cc(NC(=O)OC(C)(C)C)ccc3s2)cc1Br. The molecular weight excluding hydrogens is 972 g/mol. The molecule has 0 unspecified atom stereocenters. The molecule has 0 aliphatic rings. The lowest BCUT2D eigenvalue weighted by molar-refractivity contribution is 0.0504. The number of ether oxygens (including phenoxy) is 6. The quantitative estimate of drug-likeness (QED) is 0.118. The van der Waals surface area contributed by atoms with Gasteiger partial charge in [-0.3, -0.25) is 10.2 Å². The number of carbonyl (C=O) groups is 2. The van der Waals surface area contributed by atoms with E-state index < -0.39 is 23.4 Å². The Hall–Kier alpha value is -4.84. The molecule has 16 heteroatoms. The van der Waals surface area contributed by atoms with E-state index >= 15 is 0 Å². The van der Waals surface area contributed by atoms with E-state index in [4.69, 9.17) is 28.4 Å². The largest absolute Gasteiger partial charge is 0.466 e. The van der Waals surface area contributed by atoms with Gasteiger partial charge in [0.05, 0.1) is 29.4 Å². The number of thiazole rings is 2. The zero-order valence-electron chi connectivity index (χ0n) is 35.3. The maximum Gasteiger partial charge on any atom is 0.414 e. The van der Waals surface area contributed by atoms with Gasteiger partial charge in [-0.15, -0.1) is 22.7 Å². The summed E-state index contributed by atoms with van der Waals surface area (Å²) in [5.41, 5.74) is 3.97. The molecule has 338 valence electrons. The molecule has 0 radical (unpaired) electrons. The maximum absolute atomic E-state index is 12.3. The average molecular weight is 1030 g/mol. The Morgan fingerprint density at radius 3 is 1.60 bits per heavy atom. The summed E-state index contributed by atoms with van der Waals surface area (Å²) in [5.74, 6) is 1.44. The van der Waals surface area contributed by atoms with Crippen molar-refractivity contribution >= 4 is 123 Å². The Morgan fingerprint density at radius 2 is 1.14 bits per heavy atom. The minimum absolute atomic E-state index is 0. The van der Waals surface area contributed by atoms with Crippen molar-refractivity contribution in [3.63, 3.8) is 0 Å². The number of benzene rings is 4. The van der Waals surface area contributed by atoms with Crippen LogP contribution in [0, 0.1) is 0 Å². The molecule has 63 heavy (non-hydrogen) atoms. The first-order valence-electron chi connectivity index (χ1n) is 18.9. The average Bonchev–Trinajstić information content (AvgIpc) is 3.80. The predicted octanol–water partition coefficient (Wildman–Crippen LogP) is 14.4. The van der Waals surface area contributed by atoms with Gasteiger partial charge < -0.3 is 28.4 Å². The first-order valence-corrected chi connectivity index (χ1v) is 22.1. The lowest BCUT2D eigenvalue weighted by Gasteiger charge is -2.24. The van der Waals surface area contributed by atoms with Crippen LogP contribution in [0.5, 0.6) is 11.5 Å². The second-order valence-electron chi connectivity index (χ2n) is 15.3. The summed E-state index contributed by atoms with van der Waals surface area (Å²) in [6.07, 6.45) is 7.03. The molecule has 0 spiro atoms. The molecule has 2 heterocycles. The monoisotopic (exact) mass is 1030 g/mol. The number of rotatable bonds is 12. The van der Waals surface area contributed by atoms with Crippen LogP contribution in [0.3, 0.4) is 0 Å². The van der Waals surface area contributed by atoms with Crippen LogP contribution in [0.1, 0.15) is 77.5 Å². The molecule has 0 fully saturated rings. The lowest BCUT2D eigenvalue weighted by atomic mass is 10.2. The van der Waals surface area contributed by atoms with E-state index in [0.29, 0.717) is 5.69 Å². The highest BCUT2D eigenvalue weighted by molar-refractivity contribution is 9.11. The molecule has 0 aliphatic heterocycles. The molecule has 4 aromatic carbocycles. The highest BCUT2D eigenvalue weighted by Gasteiger charge is 2.21. The topological polar surface area (TPSA) is 131 Å². The van der Waals surface area contributed by atoms with Crippen LogP contribution in [0.25, 0.3) is 44.7 Å². The fraction of sp³-hybridized carbons (Fsp3) is 0.319. The molecular formula is C47H56Br2N4O8S2. The van der Waals surface area contributed by atoms with Gasteiger partial charge in [0.1, 0.15) is 32.7 Å². The van der Waals surface area contributed by atoms with Crippen LogP contribution in [-0.2, 0) is 18.9 Å². The smallest absolute Gasteiger partial charge is 0.414 e. The summed E-state index contributed by atoms with van der Waals surface area (Å²) in [6, 6.07) is 23.0. The van der Waals surface area contributed by atoms with Gasteiger partial charge in [-0.1, -0.05) is 39.1 Å². The van der Waals surface area contributed by atoms with Crippen molar-refractivity contribution < 1.29 is 38.0 Å². The number of nitrogens with zero attached hydrogens (tertiary/aromatic N) is 3. The van der Waals surface area contributed by atoms with Gasteiger partial charge in [-0.25, -0.2) is 19.6 Å². The van der Waals surface area contributed by atoms with Crippen LogP contribution in [0.4, 0.5) is 21.0 Å². The summed E-state index contributed by atoms with van der Waals surface area (Å²) < 4.78 is 35.3. The minimum Gasteiger partial charge on any atom is -0.466 e. The molecule has 0 saturated heterocycles. The van der Waals surface area contributed by atoms with Crippen molar-refractivity contribution in [2.45, 2.75) is 67.6 Å². The van der Waals surface area contributed by atoms with E-state index in [1.165, 1.54) is 4.90 Å². The second-order valence-corrected chi connectivity index (χ2v) is 19.1. The zero-order valence-corrected chi connectivity index (χ0v) is 40.1. The number of methoxy groups -OCH3 is 2. The fourth-order valence-corrected chi connectivity index (χ4v) is 7.94. The van der Waals surface area contributed by atoms with Crippen molar-refractivity contribution in [1.29, 1.82) is 0 Å². The fourth-order valence-electron chi connectivity index (χ4n) is 5.22. The van der Waals surface area contributed by atoms with Crippen molar-refractivity contribution in [3.8, 4) is 11.5 Å². The van der Waals surface area contributed by atoms with E-state index in [1.807, 2.05) is 139 Å². The number of amides is 2. The summed E-state index contributed by atoms with van der Waals surface area (Å²) in [7, 11) is 4.86. The molecule has 0 saturated carbocycles. The number of halogens is 2. The number of carbonyl (C=O) groups excluding carboxylic acids is 2. The molecule has 6 aromatic rings. The number of nitrogens with one attached hydrogen (secondary N) is 1. The Kier molecular flexibility index (Phi) is 19.8. The third-order valence-corrected chi connectivity index (χ3v) is 11.1. The molecule has 0 atom stereocenters. The van der Waals surface area contributed by atoms with Crippen LogP contribution in [-0.4, -0.2) is 68.2 Å². The van der Waals surface area contributed by atoms with Crippen molar-refractivity contribution in [3.05, 3.63) is 103 Å². The molecule has 6 rings (SSSR count). The second kappa shape index (κ2) is 23.7. The van der Waals surface area contributed by atoms with Crippen LogP contribution in [0.2, 0.25) is 0 Å². The number of hydrogen-bond donors (Lipinski definition) is 1. The van der Waals surface area contributed by atoms with Gasteiger partial charge in [0.15, 0.2) is 13.6 Å². The van der Waals surface area contributed by atoms with Gasteiger partial charge in [-0.05, 0) is 157 Å². The molecule has 1 N–H and O–H groups in total. The van der Waals surface area contributed by atoms with E-state index in [9.17, 15) is 9.59 Å². The molecule has 12 nitrogen and oxygen atoms in total. The van der Waals surface area contributed by atoms with E-state index in [-0.39, 0.29) is 28.4 Å². The van der Waals surface area contributed by atoms with Gasteiger partial charge >= 0.3 is 12.2 Å². The van der Waals surface area contributed by atoms with Gasteiger partial charge in [-0.2, -0.15) is 0 Å². The van der Waals surface area contributed by atoms with Crippen molar-refractivity contribution in [2.75, 3.05) is 45.1 Å². The summed E-state index contributed by atoms with van der Waals surface area (Å²) in [6.45, 7) is 11.4. The summed E-state index contributed by atoms with van der Waals surface area (Å²) >= 11 is 10.2. The first kappa shape index (κ1) is 52.5. The maximum atomic E-state index is 12.3. The van der Waals surface area contributed by atoms with Gasteiger partial charge in [0.2, 0.25) is 0 Å². The van der Waals surface area contributed by atoms with Crippen molar-refractivity contribution in [1.82, 2.24) is 9.97 Å². The molecule has 0 bridgehead atoms.